The molecule has 0 aromatic heterocycles. The second kappa shape index (κ2) is 7.40. The van der Waals surface area contributed by atoms with Crippen LogP contribution in [-0.2, 0) is 4.79 Å². The van der Waals surface area contributed by atoms with E-state index in [2.05, 4.69) is 5.32 Å². The van der Waals surface area contributed by atoms with E-state index < -0.39 is 12.1 Å². The van der Waals surface area contributed by atoms with Gasteiger partial charge in [0.2, 0.25) is 5.91 Å². The first-order valence-corrected chi connectivity index (χ1v) is 8.16. The molecular weight excluding hydrogens is 311 g/mol. The number of nitrogens with one attached hydrogen (secondary N) is 1. The van der Waals surface area contributed by atoms with Crippen molar-refractivity contribution in [3.63, 3.8) is 0 Å². The van der Waals surface area contributed by atoms with Crippen molar-refractivity contribution in [3.05, 3.63) is 0 Å². The topological polar surface area (TPSA) is 75.4 Å². The smallest absolute Gasteiger partial charge is 0.370 e. The van der Waals surface area contributed by atoms with Crippen LogP contribution in [0.4, 0.5) is 18.0 Å². The van der Waals surface area contributed by atoms with Gasteiger partial charge in [0.1, 0.15) is 0 Å². The number of primary amides is 1. The average Bonchev–Trinajstić information content (AvgIpc) is 2.47. The predicted octanol–water partition coefficient (Wildman–Crippen LogP) is 2.40. The SMILES string of the molecule is NC(=O)CC1CCN(C(=O)NC2CCC(C(F)(F)F)CC2)CC1. The summed E-state index contributed by atoms with van der Waals surface area (Å²) in [6.45, 7) is 1.11. The molecule has 2 fully saturated rings. The summed E-state index contributed by atoms with van der Waals surface area (Å²) >= 11 is 0. The lowest BCUT2D eigenvalue weighted by molar-refractivity contribution is -0.182. The van der Waals surface area contributed by atoms with Crippen LogP contribution in [0, 0.1) is 11.8 Å². The highest BCUT2D eigenvalue weighted by molar-refractivity contribution is 5.75. The molecule has 1 saturated carbocycles. The molecule has 5 nitrogen and oxygen atoms in total. The number of carbonyl (C=O) groups excluding carboxylic acids is 2. The van der Waals surface area contributed by atoms with E-state index in [4.69, 9.17) is 5.73 Å². The lowest BCUT2D eigenvalue weighted by Crippen LogP contribution is -2.49. The molecular formula is C15H24F3N3O2. The van der Waals surface area contributed by atoms with Gasteiger partial charge >= 0.3 is 12.2 Å². The van der Waals surface area contributed by atoms with Crippen LogP contribution in [0.25, 0.3) is 0 Å². The average molecular weight is 335 g/mol. The Labute approximate surface area is 133 Å². The van der Waals surface area contributed by atoms with Gasteiger partial charge in [0.15, 0.2) is 0 Å². The number of rotatable bonds is 3. The lowest BCUT2D eigenvalue weighted by Gasteiger charge is -2.35. The van der Waals surface area contributed by atoms with Crippen LogP contribution < -0.4 is 11.1 Å². The number of hydrogen-bond acceptors (Lipinski definition) is 2. The maximum Gasteiger partial charge on any atom is 0.391 e. The second-order valence-corrected chi connectivity index (χ2v) is 6.64. The molecule has 23 heavy (non-hydrogen) atoms. The van der Waals surface area contributed by atoms with Crippen LogP contribution in [0.1, 0.15) is 44.9 Å². The minimum absolute atomic E-state index is 0.0785. The molecule has 132 valence electrons. The molecule has 0 aromatic carbocycles. The fraction of sp³-hybridized carbons (Fsp3) is 0.867. The number of piperidine rings is 1. The van der Waals surface area contributed by atoms with Crippen LogP contribution in [-0.4, -0.2) is 42.1 Å². The van der Waals surface area contributed by atoms with Crippen molar-refractivity contribution in [1.29, 1.82) is 0 Å². The summed E-state index contributed by atoms with van der Waals surface area (Å²) in [5.41, 5.74) is 5.17. The molecule has 0 unspecified atom stereocenters. The summed E-state index contributed by atoms with van der Waals surface area (Å²) in [4.78, 5) is 24.7. The minimum Gasteiger partial charge on any atom is -0.370 e. The van der Waals surface area contributed by atoms with Crippen LogP contribution >= 0.6 is 0 Å². The number of nitrogens with zero attached hydrogens (tertiary/aromatic N) is 1. The van der Waals surface area contributed by atoms with Crippen molar-refractivity contribution in [2.75, 3.05) is 13.1 Å². The van der Waals surface area contributed by atoms with E-state index in [-0.39, 0.29) is 36.7 Å². The van der Waals surface area contributed by atoms with Crippen LogP contribution in [0.3, 0.4) is 0 Å². The molecule has 2 aliphatic rings. The third-order valence-electron chi connectivity index (χ3n) is 4.91. The Kier molecular flexibility index (Phi) is 5.75. The molecule has 0 spiro atoms. The van der Waals surface area contributed by atoms with Gasteiger partial charge < -0.3 is 16.0 Å². The van der Waals surface area contributed by atoms with Crippen molar-refractivity contribution in [2.24, 2.45) is 17.6 Å². The van der Waals surface area contributed by atoms with Crippen molar-refractivity contribution in [1.82, 2.24) is 10.2 Å². The van der Waals surface area contributed by atoms with E-state index in [0.29, 0.717) is 32.4 Å². The number of carbonyl (C=O) groups is 2. The highest BCUT2D eigenvalue weighted by Gasteiger charge is 2.41. The number of alkyl halides is 3. The Morgan fingerprint density at radius 3 is 2.09 bits per heavy atom. The maximum atomic E-state index is 12.6. The third-order valence-corrected chi connectivity index (χ3v) is 4.91. The Morgan fingerprint density at radius 2 is 1.61 bits per heavy atom. The largest absolute Gasteiger partial charge is 0.391 e. The quantitative estimate of drug-likeness (QED) is 0.831. The standard InChI is InChI=1S/C15H24F3N3O2/c16-15(17,18)11-1-3-12(4-2-11)20-14(23)21-7-5-10(6-8-21)9-13(19)22/h10-12H,1-9H2,(H2,19,22)(H,20,23). The summed E-state index contributed by atoms with van der Waals surface area (Å²) in [5, 5.41) is 2.84. The zero-order valence-electron chi connectivity index (χ0n) is 13.1. The highest BCUT2D eigenvalue weighted by atomic mass is 19.4. The van der Waals surface area contributed by atoms with Gasteiger partial charge in [-0.05, 0) is 44.4 Å². The van der Waals surface area contributed by atoms with E-state index in [0.717, 1.165) is 12.8 Å². The zero-order valence-corrected chi connectivity index (χ0v) is 13.1. The van der Waals surface area contributed by atoms with Gasteiger partial charge in [0.05, 0.1) is 5.92 Å². The first kappa shape index (κ1) is 17.9. The summed E-state index contributed by atoms with van der Waals surface area (Å²) in [5.74, 6) is -1.34. The lowest BCUT2D eigenvalue weighted by atomic mass is 9.85. The number of halogens is 3. The summed E-state index contributed by atoms with van der Waals surface area (Å²) in [6.07, 6.45) is -1.42. The molecule has 1 aliphatic carbocycles. The van der Waals surface area contributed by atoms with Crippen molar-refractivity contribution in [2.45, 2.75) is 57.2 Å². The number of likely N-dealkylation sites (tertiary alicyclic amines) is 1. The van der Waals surface area contributed by atoms with Crippen LogP contribution in [0.2, 0.25) is 0 Å². The van der Waals surface area contributed by atoms with Gasteiger partial charge in [-0.1, -0.05) is 0 Å². The van der Waals surface area contributed by atoms with Gasteiger partial charge in [-0.15, -0.1) is 0 Å². The van der Waals surface area contributed by atoms with E-state index in [1.54, 1.807) is 4.90 Å². The van der Waals surface area contributed by atoms with E-state index >= 15 is 0 Å². The Balaban J connectivity index is 1.71. The molecule has 0 radical (unpaired) electrons. The van der Waals surface area contributed by atoms with Gasteiger partial charge in [0, 0.05) is 25.6 Å². The van der Waals surface area contributed by atoms with Crippen LogP contribution in [0.15, 0.2) is 0 Å². The number of hydrogen-bond donors (Lipinski definition) is 2. The number of urea groups is 1. The molecule has 1 heterocycles. The Bertz CT molecular complexity index is 426. The molecule has 3 N–H and O–H groups in total. The number of amides is 3. The van der Waals surface area contributed by atoms with E-state index in [1.807, 2.05) is 0 Å². The first-order valence-electron chi connectivity index (χ1n) is 8.16. The highest BCUT2D eigenvalue weighted by Crippen LogP contribution is 2.37. The van der Waals surface area contributed by atoms with Gasteiger partial charge in [-0.25, -0.2) is 4.79 Å². The van der Waals surface area contributed by atoms with Crippen molar-refractivity contribution >= 4 is 11.9 Å². The molecule has 0 aromatic rings. The Hall–Kier alpha value is -1.47. The van der Waals surface area contributed by atoms with E-state index in [1.165, 1.54) is 0 Å². The first-order chi connectivity index (χ1) is 10.8. The molecule has 1 aliphatic heterocycles. The van der Waals surface area contributed by atoms with Crippen molar-refractivity contribution < 1.29 is 22.8 Å². The molecule has 3 amide bonds. The molecule has 2 rings (SSSR count). The second-order valence-electron chi connectivity index (χ2n) is 6.64. The zero-order chi connectivity index (χ0) is 17.0. The molecule has 1 saturated heterocycles. The Morgan fingerprint density at radius 1 is 1.04 bits per heavy atom. The monoisotopic (exact) mass is 335 g/mol. The fourth-order valence-electron chi connectivity index (χ4n) is 3.46. The molecule has 8 heteroatoms. The predicted molar refractivity (Wildman–Crippen MR) is 78.4 cm³/mol. The molecule has 0 atom stereocenters. The number of nitrogens with two attached hydrogens (primary N) is 1. The van der Waals surface area contributed by atoms with Gasteiger partial charge in [-0.2, -0.15) is 13.2 Å². The molecule has 0 bridgehead atoms. The fourth-order valence-corrected chi connectivity index (χ4v) is 3.46. The van der Waals surface area contributed by atoms with Gasteiger partial charge in [-0.3, -0.25) is 4.79 Å². The minimum atomic E-state index is -4.13. The summed E-state index contributed by atoms with van der Waals surface area (Å²) < 4.78 is 37.9. The normalized spacial score (nSPS) is 26.8. The van der Waals surface area contributed by atoms with E-state index in [9.17, 15) is 22.8 Å². The maximum absolute atomic E-state index is 12.6. The van der Waals surface area contributed by atoms with Crippen LogP contribution in [0.5, 0.6) is 0 Å². The third kappa shape index (κ3) is 5.28. The summed E-state index contributed by atoms with van der Waals surface area (Å²) in [6, 6.07) is -0.387. The van der Waals surface area contributed by atoms with Gasteiger partial charge in [0.25, 0.3) is 0 Å². The summed E-state index contributed by atoms with van der Waals surface area (Å²) in [7, 11) is 0. The van der Waals surface area contributed by atoms with Crippen molar-refractivity contribution in [3.8, 4) is 0 Å².